The molecule has 2 atom stereocenters. The van der Waals surface area contributed by atoms with Gasteiger partial charge in [0.05, 0.1) is 6.61 Å². The minimum atomic E-state index is 0.227. The van der Waals surface area contributed by atoms with Crippen molar-refractivity contribution in [2.45, 2.75) is 51.2 Å². The summed E-state index contributed by atoms with van der Waals surface area (Å²) in [4.78, 5) is 16.9. The van der Waals surface area contributed by atoms with Crippen LogP contribution in [0.3, 0.4) is 0 Å². The Kier molecular flexibility index (Phi) is 4.20. The molecule has 2 saturated heterocycles. The smallest absolute Gasteiger partial charge is 0.220 e. The molecule has 0 radical (unpaired) electrons. The maximum absolute atomic E-state index is 12.2. The van der Waals surface area contributed by atoms with Crippen molar-refractivity contribution in [1.82, 2.24) is 9.80 Å². The number of carbonyl (C=O) groups is 1. The number of piperidine rings is 1. The van der Waals surface area contributed by atoms with Crippen molar-refractivity contribution >= 4 is 17.2 Å². The fourth-order valence-electron chi connectivity index (χ4n) is 4.47. The van der Waals surface area contributed by atoms with Crippen LogP contribution in [-0.4, -0.2) is 54.1 Å². The van der Waals surface area contributed by atoms with E-state index in [1.807, 2.05) is 0 Å². The SMILES string of the molecule is CC(=O)N(Cc1ccsc1)[C@@H]1CC12CCN([C@H]1CCOC1)CC2. The van der Waals surface area contributed by atoms with E-state index in [0.29, 0.717) is 17.5 Å². The molecule has 0 unspecified atom stereocenters. The van der Waals surface area contributed by atoms with E-state index < -0.39 is 0 Å². The zero-order valence-corrected chi connectivity index (χ0v) is 14.7. The first-order valence-electron chi connectivity index (χ1n) is 8.78. The number of ether oxygens (including phenoxy) is 1. The van der Waals surface area contributed by atoms with Crippen LogP contribution in [0.1, 0.15) is 38.2 Å². The zero-order valence-electron chi connectivity index (χ0n) is 13.9. The molecular formula is C18H26N2O2S. The van der Waals surface area contributed by atoms with Crippen LogP contribution in [0.15, 0.2) is 16.8 Å². The Morgan fingerprint density at radius 2 is 2.30 bits per heavy atom. The zero-order chi connectivity index (χ0) is 15.9. The minimum Gasteiger partial charge on any atom is -0.380 e. The van der Waals surface area contributed by atoms with Crippen molar-refractivity contribution in [3.63, 3.8) is 0 Å². The van der Waals surface area contributed by atoms with Gasteiger partial charge in [-0.25, -0.2) is 0 Å². The number of thiophene rings is 1. The Hall–Kier alpha value is -0.910. The molecule has 1 aliphatic carbocycles. The predicted molar refractivity (Wildman–Crippen MR) is 91.4 cm³/mol. The summed E-state index contributed by atoms with van der Waals surface area (Å²) in [5.41, 5.74) is 1.67. The van der Waals surface area contributed by atoms with Gasteiger partial charge in [0.2, 0.25) is 5.91 Å². The lowest BCUT2D eigenvalue weighted by atomic mass is 9.91. The number of hydrogen-bond acceptors (Lipinski definition) is 4. The van der Waals surface area contributed by atoms with Gasteiger partial charge in [0.15, 0.2) is 0 Å². The Bertz CT molecular complexity index is 545. The van der Waals surface area contributed by atoms with Crippen molar-refractivity contribution in [3.05, 3.63) is 22.4 Å². The van der Waals surface area contributed by atoms with Gasteiger partial charge in [0, 0.05) is 32.2 Å². The van der Waals surface area contributed by atoms with Gasteiger partial charge >= 0.3 is 0 Å². The van der Waals surface area contributed by atoms with Gasteiger partial charge in [-0.2, -0.15) is 11.3 Å². The molecular weight excluding hydrogens is 308 g/mol. The van der Waals surface area contributed by atoms with E-state index in [4.69, 9.17) is 4.74 Å². The van der Waals surface area contributed by atoms with E-state index in [1.165, 1.54) is 44.3 Å². The van der Waals surface area contributed by atoms with Crippen LogP contribution in [-0.2, 0) is 16.1 Å². The molecule has 4 rings (SSSR count). The number of amides is 1. The van der Waals surface area contributed by atoms with E-state index in [1.54, 1.807) is 18.3 Å². The molecule has 5 heteroatoms. The number of carbonyl (C=O) groups excluding carboxylic acids is 1. The second kappa shape index (κ2) is 6.19. The van der Waals surface area contributed by atoms with E-state index in [2.05, 4.69) is 26.6 Å². The van der Waals surface area contributed by atoms with Gasteiger partial charge in [0.1, 0.15) is 0 Å². The van der Waals surface area contributed by atoms with Gasteiger partial charge < -0.3 is 9.64 Å². The molecule has 126 valence electrons. The first kappa shape index (κ1) is 15.6. The Balaban J connectivity index is 1.37. The highest BCUT2D eigenvalue weighted by Crippen LogP contribution is 2.57. The lowest BCUT2D eigenvalue weighted by Gasteiger charge is -2.37. The number of rotatable bonds is 4. The molecule has 23 heavy (non-hydrogen) atoms. The molecule has 4 nitrogen and oxygen atoms in total. The molecule has 1 aromatic heterocycles. The third-order valence-electron chi connectivity index (χ3n) is 6.08. The first-order chi connectivity index (χ1) is 11.2. The van der Waals surface area contributed by atoms with Gasteiger partial charge in [-0.15, -0.1) is 0 Å². The second-order valence-corrected chi connectivity index (χ2v) is 8.19. The van der Waals surface area contributed by atoms with Crippen molar-refractivity contribution in [2.24, 2.45) is 5.41 Å². The monoisotopic (exact) mass is 334 g/mol. The molecule has 1 spiro atoms. The van der Waals surface area contributed by atoms with Crippen LogP contribution in [0.5, 0.6) is 0 Å². The quantitative estimate of drug-likeness (QED) is 0.849. The van der Waals surface area contributed by atoms with Gasteiger partial charge in [-0.3, -0.25) is 9.69 Å². The standard InChI is InChI=1S/C18H26N2O2S/c1-14(21)20(11-15-3-9-23-13-15)17-10-18(17)4-6-19(7-5-18)16-2-8-22-12-16/h3,9,13,16-17H,2,4-8,10-12H2,1H3/t16-,17+/m0/s1. The van der Waals surface area contributed by atoms with E-state index in [-0.39, 0.29) is 5.91 Å². The third kappa shape index (κ3) is 3.06. The third-order valence-corrected chi connectivity index (χ3v) is 6.81. The van der Waals surface area contributed by atoms with Crippen LogP contribution in [0, 0.1) is 5.41 Å². The predicted octanol–water partition coefficient (Wildman–Crippen LogP) is 2.74. The summed E-state index contributed by atoms with van der Waals surface area (Å²) in [6.45, 7) is 6.69. The molecule has 0 bridgehead atoms. The fraction of sp³-hybridized carbons (Fsp3) is 0.722. The summed E-state index contributed by atoms with van der Waals surface area (Å²) in [6, 6.07) is 3.24. The van der Waals surface area contributed by atoms with Crippen LogP contribution in [0.4, 0.5) is 0 Å². The molecule has 3 aliphatic rings. The second-order valence-electron chi connectivity index (χ2n) is 7.41. The summed E-state index contributed by atoms with van der Waals surface area (Å²) in [6.07, 6.45) is 4.86. The molecule has 0 aromatic carbocycles. The highest BCUT2D eigenvalue weighted by atomic mass is 32.1. The topological polar surface area (TPSA) is 32.8 Å². The molecule has 0 N–H and O–H groups in total. The van der Waals surface area contributed by atoms with Crippen LogP contribution < -0.4 is 0 Å². The average molecular weight is 334 g/mol. The summed E-state index contributed by atoms with van der Waals surface area (Å²) in [5, 5.41) is 4.26. The molecule has 3 fully saturated rings. The van der Waals surface area contributed by atoms with E-state index in [0.717, 1.165) is 19.8 Å². The molecule has 1 aromatic rings. The van der Waals surface area contributed by atoms with Crippen molar-refractivity contribution < 1.29 is 9.53 Å². The largest absolute Gasteiger partial charge is 0.380 e. The van der Waals surface area contributed by atoms with Gasteiger partial charge in [-0.1, -0.05) is 0 Å². The molecule has 2 aliphatic heterocycles. The summed E-state index contributed by atoms with van der Waals surface area (Å²) in [5.74, 6) is 0.227. The highest BCUT2D eigenvalue weighted by Gasteiger charge is 2.58. The Labute approximate surface area is 142 Å². The lowest BCUT2D eigenvalue weighted by Crippen LogP contribution is -2.44. The Morgan fingerprint density at radius 3 is 2.91 bits per heavy atom. The minimum absolute atomic E-state index is 0.227. The molecule has 1 saturated carbocycles. The average Bonchev–Trinajstić information content (AvgIpc) is 2.99. The summed E-state index contributed by atoms with van der Waals surface area (Å²) >= 11 is 1.71. The molecule has 1 amide bonds. The fourth-order valence-corrected chi connectivity index (χ4v) is 5.13. The summed E-state index contributed by atoms with van der Waals surface area (Å²) < 4.78 is 5.53. The highest BCUT2D eigenvalue weighted by molar-refractivity contribution is 7.07. The normalized spacial score (nSPS) is 29.8. The number of hydrogen-bond donors (Lipinski definition) is 0. The van der Waals surface area contributed by atoms with Crippen molar-refractivity contribution in [3.8, 4) is 0 Å². The number of nitrogens with zero attached hydrogens (tertiary/aromatic N) is 2. The van der Waals surface area contributed by atoms with Crippen molar-refractivity contribution in [2.75, 3.05) is 26.3 Å². The lowest BCUT2D eigenvalue weighted by molar-refractivity contribution is -0.130. The maximum atomic E-state index is 12.2. The first-order valence-corrected chi connectivity index (χ1v) is 9.72. The van der Waals surface area contributed by atoms with Crippen LogP contribution in [0.25, 0.3) is 0 Å². The Morgan fingerprint density at radius 1 is 1.48 bits per heavy atom. The van der Waals surface area contributed by atoms with E-state index >= 15 is 0 Å². The number of likely N-dealkylation sites (tertiary alicyclic amines) is 1. The van der Waals surface area contributed by atoms with E-state index in [9.17, 15) is 4.79 Å². The summed E-state index contributed by atoms with van der Waals surface area (Å²) in [7, 11) is 0. The van der Waals surface area contributed by atoms with Gasteiger partial charge in [-0.05, 0) is 66.6 Å². The molecule has 3 heterocycles. The maximum Gasteiger partial charge on any atom is 0.220 e. The van der Waals surface area contributed by atoms with Crippen LogP contribution in [0.2, 0.25) is 0 Å². The van der Waals surface area contributed by atoms with Crippen LogP contribution >= 0.6 is 11.3 Å². The van der Waals surface area contributed by atoms with Crippen molar-refractivity contribution in [1.29, 1.82) is 0 Å². The van der Waals surface area contributed by atoms with Gasteiger partial charge in [0.25, 0.3) is 0 Å².